The molecule has 0 rings (SSSR count). The van der Waals surface area contributed by atoms with Gasteiger partial charge in [0, 0.05) is 25.7 Å². The number of phosphoric ester groups is 2. The first-order valence-corrected chi connectivity index (χ1v) is 42.4. The van der Waals surface area contributed by atoms with Crippen LogP contribution in [0.25, 0.3) is 0 Å². The third kappa shape index (κ3) is 73.5. The summed E-state index contributed by atoms with van der Waals surface area (Å²) in [6, 6.07) is 0. The molecule has 0 aromatic rings. The summed E-state index contributed by atoms with van der Waals surface area (Å²) in [4.78, 5) is 73.0. The Morgan fingerprint density at radius 1 is 0.284 bits per heavy atom. The number of rotatable bonds is 73. The van der Waals surface area contributed by atoms with Crippen molar-refractivity contribution in [2.24, 2.45) is 0 Å². The van der Waals surface area contributed by atoms with Gasteiger partial charge in [0.15, 0.2) is 12.2 Å². The second-order valence-electron chi connectivity index (χ2n) is 25.9. The lowest BCUT2D eigenvalue weighted by molar-refractivity contribution is -0.161. The monoisotopic (exact) mass is 1470 g/mol. The maximum absolute atomic E-state index is 13.1. The number of esters is 4. The molecular formula is C83H140O17P2. The van der Waals surface area contributed by atoms with Crippen molar-refractivity contribution in [3.8, 4) is 0 Å². The molecule has 102 heavy (non-hydrogen) atoms. The van der Waals surface area contributed by atoms with Crippen molar-refractivity contribution in [3.63, 3.8) is 0 Å². The Kier molecular flexibility index (Phi) is 71.0. The molecule has 5 atom stereocenters. The number of ether oxygens (including phenoxy) is 4. The number of aliphatic hydroxyl groups is 1. The predicted molar refractivity (Wildman–Crippen MR) is 418 cm³/mol. The maximum atomic E-state index is 13.1. The highest BCUT2D eigenvalue weighted by Crippen LogP contribution is 2.45. The fourth-order valence-electron chi connectivity index (χ4n) is 10.1. The zero-order valence-corrected chi connectivity index (χ0v) is 65.5. The molecular weight excluding hydrogens is 1330 g/mol. The predicted octanol–water partition coefficient (Wildman–Crippen LogP) is 22.9. The highest BCUT2D eigenvalue weighted by Gasteiger charge is 2.30. The topological polar surface area (TPSA) is 237 Å². The Morgan fingerprint density at radius 3 is 0.853 bits per heavy atom. The van der Waals surface area contributed by atoms with Crippen molar-refractivity contribution in [1.82, 2.24) is 0 Å². The molecule has 19 heteroatoms. The number of unbranched alkanes of at least 4 members (excludes halogenated alkanes) is 25. The van der Waals surface area contributed by atoms with Crippen LogP contribution < -0.4 is 0 Å². The van der Waals surface area contributed by atoms with Gasteiger partial charge in [0.05, 0.1) is 26.4 Å². The Hall–Kier alpha value is -4.80. The molecule has 0 spiro atoms. The molecule has 0 aliphatic carbocycles. The summed E-state index contributed by atoms with van der Waals surface area (Å²) < 4.78 is 68.5. The molecule has 0 aliphatic heterocycles. The van der Waals surface area contributed by atoms with E-state index in [1.54, 1.807) is 0 Å². The summed E-state index contributed by atoms with van der Waals surface area (Å²) in [7, 11) is -9.99. The smallest absolute Gasteiger partial charge is 0.462 e. The van der Waals surface area contributed by atoms with Gasteiger partial charge in [-0.25, -0.2) is 9.13 Å². The molecule has 3 N–H and O–H groups in total. The van der Waals surface area contributed by atoms with E-state index in [1.807, 2.05) is 12.2 Å². The van der Waals surface area contributed by atoms with Crippen LogP contribution in [0.15, 0.2) is 134 Å². The second kappa shape index (κ2) is 74.5. The van der Waals surface area contributed by atoms with Crippen molar-refractivity contribution >= 4 is 39.5 Å². The lowest BCUT2D eigenvalue weighted by Gasteiger charge is -2.21. The summed E-state index contributed by atoms with van der Waals surface area (Å²) in [6.07, 6.45) is 82.9. The normalized spacial score (nSPS) is 14.6. The van der Waals surface area contributed by atoms with Crippen LogP contribution in [0.5, 0.6) is 0 Å². The molecule has 0 radical (unpaired) electrons. The first kappa shape index (κ1) is 97.2. The number of carbonyl (C=O) groups is 4. The third-order valence-electron chi connectivity index (χ3n) is 16.1. The van der Waals surface area contributed by atoms with Crippen molar-refractivity contribution in [2.45, 2.75) is 329 Å². The van der Waals surface area contributed by atoms with Gasteiger partial charge < -0.3 is 33.8 Å². The largest absolute Gasteiger partial charge is 0.472 e. The highest BCUT2D eigenvalue weighted by atomic mass is 31.2. The van der Waals surface area contributed by atoms with E-state index in [0.29, 0.717) is 32.1 Å². The fraction of sp³-hybridized carbons (Fsp3) is 0.687. The van der Waals surface area contributed by atoms with Gasteiger partial charge in [-0.05, 0) is 154 Å². The van der Waals surface area contributed by atoms with Gasteiger partial charge in [0.2, 0.25) is 0 Å². The van der Waals surface area contributed by atoms with Gasteiger partial charge in [0.25, 0.3) is 0 Å². The minimum Gasteiger partial charge on any atom is -0.462 e. The lowest BCUT2D eigenvalue weighted by atomic mass is 10.1. The first-order chi connectivity index (χ1) is 49.7. The zero-order valence-electron chi connectivity index (χ0n) is 63.7. The first-order valence-electron chi connectivity index (χ1n) is 39.4. The van der Waals surface area contributed by atoms with Crippen LogP contribution in [0.1, 0.15) is 310 Å². The third-order valence-corrected chi connectivity index (χ3v) is 18.0. The van der Waals surface area contributed by atoms with Crippen molar-refractivity contribution in [2.75, 3.05) is 39.6 Å². The molecule has 0 amide bonds. The van der Waals surface area contributed by atoms with E-state index in [1.165, 1.54) is 57.8 Å². The summed E-state index contributed by atoms with van der Waals surface area (Å²) in [5.41, 5.74) is 0. The van der Waals surface area contributed by atoms with Crippen LogP contribution in [0.3, 0.4) is 0 Å². The van der Waals surface area contributed by atoms with Crippen LogP contribution in [-0.4, -0.2) is 96.7 Å². The SMILES string of the molecule is CC/C=C\C/C=C\C/C=C\C/C=C\C/C=C\CCCC(=O)OCC(COP(=O)(O)OCC(O)COP(=O)(O)OCC(COC(=O)CCCCCCC/C=C\C/C=C\C/C=C\CC)OC(=O)CCCCCCC/C=C\C/C=C\CCCCC)OC(=O)CCCCCCC/C=C\CCCCCCCC. The number of phosphoric acid groups is 2. The van der Waals surface area contributed by atoms with Gasteiger partial charge in [-0.2, -0.15) is 0 Å². The molecule has 0 fully saturated rings. The molecule has 0 aromatic heterocycles. The van der Waals surface area contributed by atoms with Crippen molar-refractivity contribution in [1.29, 1.82) is 0 Å². The van der Waals surface area contributed by atoms with E-state index >= 15 is 0 Å². The number of hydrogen-bond acceptors (Lipinski definition) is 15. The Balaban J connectivity index is 5.44. The van der Waals surface area contributed by atoms with Crippen LogP contribution in [-0.2, 0) is 65.4 Å². The summed E-state index contributed by atoms with van der Waals surface area (Å²) >= 11 is 0. The number of allylic oxidation sites excluding steroid dienone is 22. The molecule has 0 saturated carbocycles. The molecule has 0 aliphatic rings. The highest BCUT2D eigenvalue weighted by molar-refractivity contribution is 7.47. The second-order valence-corrected chi connectivity index (χ2v) is 28.8. The Morgan fingerprint density at radius 2 is 0.520 bits per heavy atom. The minimum atomic E-state index is -5.00. The molecule has 0 heterocycles. The van der Waals surface area contributed by atoms with E-state index in [-0.39, 0.29) is 25.7 Å². The summed E-state index contributed by atoms with van der Waals surface area (Å²) in [5, 5.41) is 10.6. The van der Waals surface area contributed by atoms with Gasteiger partial charge in [-0.15, -0.1) is 0 Å². The van der Waals surface area contributed by atoms with Crippen LogP contribution in [0.2, 0.25) is 0 Å². The molecule has 0 bridgehead atoms. The van der Waals surface area contributed by atoms with Gasteiger partial charge in [-0.1, -0.05) is 264 Å². The van der Waals surface area contributed by atoms with Crippen LogP contribution in [0, 0.1) is 0 Å². The Labute approximate surface area is 618 Å². The lowest BCUT2D eigenvalue weighted by Crippen LogP contribution is -2.30. The Bertz CT molecular complexity index is 2460. The van der Waals surface area contributed by atoms with E-state index < -0.39 is 97.5 Å². The molecule has 17 nitrogen and oxygen atoms in total. The van der Waals surface area contributed by atoms with Crippen molar-refractivity contribution in [3.05, 3.63) is 134 Å². The van der Waals surface area contributed by atoms with Crippen LogP contribution in [0.4, 0.5) is 0 Å². The summed E-state index contributed by atoms with van der Waals surface area (Å²) in [5.74, 6) is -2.29. The summed E-state index contributed by atoms with van der Waals surface area (Å²) in [6.45, 7) is 4.52. The van der Waals surface area contributed by atoms with Gasteiger partial charge in [0.1, 0.15) is 19.3 Å². The fourth-order valence-corrected chi connectivity index (χ4v) is 11.7. The number of aliphatic hydroxyl groups excluding tert-OH is 1. The average Bonchev–Trinajstić information content (AvgIpc) is 0.923. The number of hydrogen-bond donors (Lipinski definition) is 3. The van der Waals surface area contributed by atoms with E-state index in [9.17, 15) is 43.2 Å². The minimum absolute atomic E-state index is 0.0697. The maximum Gasteiger partial charge on any atom is 0.472 e. The molecule has 0 saturated heterocycles. The number of carbonyl (C=O) groups excluding carboxylic acids is 4. The molecule has 5 unspecified atom stereocenters. The van der Waals surface area contributed by atoms with E-state index in [2.05, 4.69) is 149 Å². The quantitative estimate of drug-likeness (QED) is 0.0169. The standard InChI is InChI=1S/C83H140O17P2/c1-5-9-13-17-21-25-29-33-37-38-42-44-48-52-56-60-64-68-81(86)94-74-79(100-83(88)70-66-62-58-54-50-46-41-36-32-28-24-20-16-12-8-4)76-98-102(91,92)96-72-77(84)71-95-101(89,90)97-75-78(99-82(87)69-65-61-57-53-49-45-40-35-31-27-23-19-15-11-7-3)73-93-80(85)67-63-59-55-51-47-43-39-34-30-26-22-18-14-10-6-2/h9-10,13-14,21-23,25-27,33-37,39-42,44,52,56,77-79,84H,5-8,11-12,15-20,24,28-32,38,43,45-51,53-55,57-76H2,1-4H3,(H,89,90)(H,91,92)/b13-9-,14-10-,25-21-,26-22-,27-23-,37-33-,39-34-,40-35-,41-36-,44-42-,56-52-. The molecule has 0 aromatic carbocycles. The zero-order chi connectivity index (χ0) is 74.6. The van der Waals surface area contributed by atoms with Crippen molar-refractivity contribution < 1.29 is 80.2 Å². The van der Waals surface area contributed by atoms with Crippen LogP contribution >= 0.6 is 15.6 Å². The van der Waals surface area contributed by atoms with E-state index in [0.717, 1.165) is 167 Å². The average molecular weight is 1470 g/mol. The van der Waals surface area contributed by atoms with E-state index in [4.69, 9.17) is 37.0 Å². The van der Waals surface area contributed by atoms with Gasteiger partial charge in [-0.3, -0.25) is 37.3 Å². The molecule has 584 valence electrons. The van der Waals surface area contributed by atoms with Gasteiger partial charge >= 0.3 is 39.5 Å².